The van der Waals surface area contributed by atoms with Crippen molar-refractivity contribution in [3.63, 3.8) is 0 Å². The predicted octanol–water partition coefficient (Wildman–Crippen LogP) is 2.00. The lowest BCUT2D eigenvalue weighted by Crippen LogP contribution is -2.53. The molecule has 2 aromatic rings. The van der Waals surface area contributed by atoms with Crippen molar-refractivity contribution in [2.45, 2.75) is 19.0 Å². The van der Waals surface area contributed by atoms with Gasteiger partial charge in [-0.2, -0.15) is 0 Å². The number of rotatable bonds is 5. The van der Waals surface area contributed by atoms with Crippen LogP contribution in [0.2, 0.25) is 0 Å². The number of nitrogens with zero attached hydrogens (tertiary/aromatic N) is 1. The molecule has 1 aliphatic heterocycles. The number of likely N-dealkylation sites (tertiary alicyclic amines) is 1. The number of nitrogens with one attached hydrogen (secondary N) is 1. The zero-order valence-electron chi connectivity index (χ0n) is 14.1. The van der Waals surface area contributed by atoms with E-state index in [4.69, 9.17) is 0 Å². The molecule has 2 aromatic carbocycles. The van der Waals surface area contributed by atoms with Gasteiger partial charge in [0.15, 0.2) is 0 Å². The molecule has 25 heavy (non-hydrogen) atoms. The minimum atomic E-state index is -0.221. The number of amides is 1. The first-order valence-electron chi connectivity index (χ1n) is 8.62. The van der Waals surface area contributed by atoms with Gasteiger partial charge in [0, 0.05) is 37.2 Å². The van der Waals surface area contributed by atoms with Crippen LogP contribution in [0.25, 0.3) is 0 Å². The predicted molar refractivity (Wildman–Crippen MR) is 96.3 cm³/mol. The fourth-order valence-electron chi connectivity index (χ4n) is 3.33. The number of hydrogen-bond donors (Lipinski definition) is 3. The van der Waals surface area contributed by atoms with Crippen molar-refractivity contribution in [1.82, 2.24) is 10.2 Å². The van der Waals surface area contributed by atoms with Crippen LogP contribution in [-0.4, -0.2) is 46.8 Å². The Morgan fingerprint density at radius 1 is 1.16 bits per heavy atom. The molecule has 132 valence electrons. The number of phenols is 1. The maximum Gasteiger partial charge on any atom is 0.251 e. The van der Waals surface area contributed by atoms with Gasteiger partial charge in [-0.25, -0.2) is 0 Å². The van der Waals surface area contributed by atoms with Gasteiger partial charge >= 0.3 is 0 Å². The molecule has 2 unspecified atom stereocenters. The molecule has 3 N–H and O–H groups in total. The van der Waals surface area contributed by atoms with Gasteiger partial charge in [-0.05, 0) is 36.7 Å². The summed E-state index contributed by atoms with van der Waals surface area (Å²) in [4.78, 5) is 14.8. The highest BCUT2D eigenvalue weighted by molar-refractivity contribution is 5.94. The summed E-state index contributed by atoms with van der Waals surface area (Å²) in [5.41, 5.74) is 1.67. The molecule has 0 radical (unpaired) electrons. The molecule has 1 amide bonds. The summed E-state index contributed by atoms with van der Waals surface area (Å²) < 4.78 is 0. The van der Waals surface area contributed by atoms with Crippen molar-refractivity contribution >= 4 is 5.91 Å². The first-order valence-corrected chi connectivity index (χ1v) is 8.62. The maximum atomic E-state index is 12.5. The lowest BCUT2D eigenvalue weighted by Gasteiger charge is -2.38. The van der Waals surface area contributed by atoms with Crippen LogP contribution in [0.15, 0.2) is 54.6 Å². The van der Waals surface area contributed by atoms with Crippen LogP contribution in [0.4, 0.5) is 0 Å². The van der Waals surface area contributed by atoms with E-state index in [2.05, 4.69) is 22.3 Å². The SMILES string of the molecule is O=C(NC1CN(Cc2ccccc2)CCC1CO)c1cccc(O)c1. The smallest absolute Gasteiger partial charge is 0.251 e. The Morgan fingerprint density at radius 2 is 1.96 bits per heavy atom. The largest absolute Gasteiger partial charge is 0.508 e. The lowest BCUT2D eigenvalue weighted by molar-refractivity contribution is 0.0730. The van der Waals surface area contributed by atoms with E-state index in [-0.39, 0.29) is 30.2 Å². The van der Waals surface area contributed by atoms with Gasteiger partial charge in [0.2, 0.25) is 0 Å². The van der Waals surface area contributed by atoms with Gasteiger partial charge < -0.3 is 15.5 Å². The van der Waals surface area contributed by atoms with Crippen molar-refractivity contribution in [1.29, 1.82) is 0 Å². The number of aromatic hydroxyl groups is 1. The minimum absolute atomic E-state index is 0.0493. The first-order chi connectivity index (χ1) is 12.2. The van der Waals surface area contributed by atoms with E-state index < -0.39 is 0 Å². The number of aliphatic hydroxyl groups is 1. The molecule has 0 aromatic heterocycles. The van der Waals surface area contributed by atoms with E-state index in [0.29, 0.717) is 12.1 Å². The number of carbonyl (C=O) groups excluding carboxylic acids is 1. The summed E-state index contributed by atoms with van der Waals surface area (Å²) in [6.07, 6.45) is 0.842. The van der Waals surface area contributed by atoms with E-state index in [1.807, 2.05) is 18.2 Å². The van der Waals surface area contributed by atoms with E-state index in [9.17, 15) is 15.0 Å². The molecular formula is C20H24N2O3. The van der Waals surface area contributed by atoms with Gasteiger partial charge in [0.1, 0.15) is 5.75 Å². The van der Waals surface area contributed by atoms with Crippen molar-refractivity contribution in [3.8, 4) is 5.75 Å². The fourth-order valence-corrected chi connectivity index (χ4v) is 3.33. The van der Waals surface area contributed by atoms with E-state index >= 15 is 0 Å². The zero-order chi connectivity index (χ0) is 17.6. The van der Waals surface area contributed by atoms with Gasteiger partial charge in [-0.3, -0.25) is 9.69 Å². The first kappa shape index (κ1) is 17.5. The highest BCUT2D eigenvalue weighted by Crippen LogP contribution is 2.20. The molecule has 1 fully saturated rings. The second kappa shape index (κ2) is 8.14. The normalized spacial score (nSPS) is 21.0. The monoisotopic (exact) mass is 340 g/mol. The molecule has 2 atom stereocenters. The van der Waals surface area contributed by atoms with Gasteiger partial charge in [0.05, 0.1) is 0 Å². The Morgan fingerprint density at radius 3 is 2.68 bits per heavy atom. The molecule has 1 heterocycles. The Hall–Kier alpha value is -2.37. The second-order valence-electron chi connectivity index (χ2n) is 6.58. The number of piperidine rings is 1. The molecule has 3 rings (SSSR count). The molecular weight excluding hydrogens is 316 g/mol. The summed E-state index contributed by atoms with van der Waals surface area (Å²) in [7, 11) is 0. The van der Waals surface area contributed by atoms with Gasteiger partial charge in [-0.15, -0.1) is 0 Å². The molecule has 0 bridgehead atoms. The Labute approximate surface area is 147 Å². The molecule has 0 spiro atoms. The third-order valence-electron chi connectivity index (χ3n) is 4.75. The quantitative estimate of drug-likeness (QED) is 0.778. The fraction of sp³-hybridized carbons (Fsp3) is 0.350. The Kier molecular flexibility index (Phi) is 5.68. The standard InChI is InChI=1S/C20H24N2O3/c23-14-17-9-10-22(12-15-5-2-1-3-6-15)13-19(17)21-20(25)16-7-4-8-18(24)11-16/h1-8,11,17,19,23-24H,9-10,12-14H2,(H,21,25). The van der Waals surface area contributed by atoms with Gasteiger partial charge in [-0.1, -0.05) is 36.4 Å². The Bertz CT molecular complexity index is 705. The summed E-state index contributed by atoms with van der Waals surface area (Å²) in [6, 6.07) is 16.4. The number of phenolic OH excluding ortho intramolecular Hbond substituents is 1. The molecule has 0 aliphatic carbocycles. The van der Waals surface area contributed by atoms with Crippen molar-refractivity contribution < 1.29 is 15.0 Å². The highest BCUT2D eigenvalue weighted by atomic mass is 16.3. The topological polar surface area (TPSA) is 72.8 Å². The van der Waals surface area contributed by atoms with Crippen LogP contribution >= 0.6 is 0 Å². The minimum Gasteiger partial charge on any atom is -0.508 e. The molecule has 5 nitrogen and oxygen atoms in total. The van der Waals surface area contributed by atoms with Crippen LogP contribution in [0.5, 0.6) is 5.75 Å². The average molecular weight is 340 g/mol. The maximum absolute atomic E-state index is 12.5. The average Bonchev–Trinajstić information content (AvgIpc) is 2.63. The molecule has 5 heteroatoms. The third-order valence-corrected chi connectivity index (χ3v) is 4.75. The zero-order valence-corrected chi connectivity index (χ0v) is 14.1. The van der Waals surface area contributed by atoms with E-state index in [0.717, 1.165) is 19.5 Å². The van der Waals surface area contributed by atoms with Crippen molar-refractivity contribution in [2.24, 2.45) is 5.92 Å². The van der Waals surface area contributed by atoms with E-state index in [1.165, 1.54) is 17.7 Å². The van der Waals surface area contributed by atoms with Crippen molar-refractivity contribution in [2.75, 3.05) is 19.7 Å². The Balaban J connectivity index is 1.65. The van der Waals surface area contributed by atoms with E-state index in [1.54, 1.807) is 12.1 Å². The van der Waals surface area contributed by atoms with Crippen LogP contribution in [0.1, 0.15) is 22.3 Å². The molecule has 0 saturated carbocycles. The summed E-state index contributed by atoms with van der Waals surface area (Å²) in [5.74, 6) is -0.102. The second-order valence-corrected chi connectivity index (χ2v) is 6.58. The van der Waals surface area contributed by atoms with Gasteiger partial charge in [0.25, 0.3) is 5.91 Å². The number of benzene rings is 2. The number of aliphatic hydroxyl groups excluding tert-OH is 1. The lowest BCUT2D eigenvalue weighted by atomic mass is 9.91. The summed E-state index contributed by atoms with van der Waals surface area (Å²) in [5, 5.41) is 22.2. The van der Waals surface area contributed by atoms with Crippen molar-refractivity contribution in [3.05, 3.63) is 65.7 Å². The van der Waals surface area contributed by atoms with Crippen LogP contribution in [-0.2, 0) is 6.54 Å². The van der Waals surface area contributed by atoms with Crippen LogP contribution in [0, 0.1) is 5.92 Å². The highest BCUT2D eigenvalue weighted by Gasteiger charge is 2.30. The van der Waals surface area contributed by atoms with Crippen LogP contribution in [0.3, 0.4) is 0 Å². The van der Waals surface area contributed by atoms with Crippen LogP contribution < -0.4 is 5.32 Å². The summed E-state index contributed by atoms with van der Waals surface area (Å²) >= 11 is 0. The number of carbonyl (C=O) groups is 1. The number of hydrogen-bond acceptors (Lipinski definition) is 4. The third kappa shape index (κ3) is 4.59. The molecule has 1 aliphatic rings. The summed E-state index contributed by atoms with van der Waals surface area (Å²) in [6.45, 7) is 2.49. The molecule has 1 saturated heterocycles.